The number of nitrogens with zero attached hydrogens (tertiary/aromatic N) is 6. The van der Waals surface area contributed by atoms with Gasteiger partial charge in [0, 0.05) is 44.4 Å². The first-order chi connectivity index (χ1) is 31.4. The molecule has 0 aliphatic carbocycles. The van der Waals surface area contributed by atoms with Gasteiger partial charge in [0.2, 0.25) is 5.89 Å². The summed E-state index contributed by atoms with van der Waals surface area (Å²) in [6.45, 7) is 32.3. The number of thiazole rings is 1. The quantitative estimate of drug-likeness (QED) is 0.161. The van der Waals surface area contributed by atoms with E-state index in [1.54, 1.807) is 11.3 Å². The number of rotatable bonds is 0. The van der Waals surface area contributed by atoms with E-state index in [0.717, 1.165) is 67.3 Å². The summed E-state index contributed by atoms with van der Waals surface area (Å²) in [7, 11) is 0. The highest BCUT2D eigenvalue weighted by atomic mass is 32.1. The summed E-state index contributed by atoms with van der Waals surface area (Å²) in [6.07, 6.45) is 1.86. The number of para-hydroxylation sites is 8. The second-order valence-electron chi connectivity index (χ2n) is 22.0. The van der Waals surface area contributed by atoms with E-state index in [4.69, 9.17) is 4.42 Å². The summed E-state index contributed by atoms with van der Waals surface area (Å²) >= 11 is 1.79. The number of fused-ring (bicyclic) bond motifs is 5. The molecule has 0 fully saturated rings. The molecule has 67 heavy (non-hydrogen) atoms. The fourth-order valence-electron chi connectivity index (χ4n) is 6.50. The fraction of sp³-hybridized carbons (Fsp3) is 0.345. The number of H-pyrrole nitrogens is 1. The normalized spacial score (nSPS) is 12.1. The molecule has 0 spiro atoms. The van der Waals surface area contributed by atoms with Crippen molar-refractivity contribution in [2.24, 2.45) is 0 Å². The third kappa shape index (κ3) is 13.6. The van der Waals surface area contributed by atoms with Gasteiger partial charge in [0.1, 0.15) is 11.3 Å². The Bertz CT molecular complexity index is 2790. The van der Waals surface area contributed by atoms with Crippen molar-refractivity contribution in [2.45, 2.75) is 131 Å². The number of oxazole rings is 1. The highest BCUT2D eigenvalue weighted by molar-refractivity contribution is 7.18. The summed E-state index contributed by atoms with van der Waals surface area (Å²) in [5.41, 5.74) is 10.7. The van der Waals surface area contributed by atoms with Crippen LogP contribution in [-0.4, -0.2) is 34.9 Å². The van der Waals surface area contributed by atoms with E-state index in [1.807, 2.05) is 91.1 Å². The standard InChI is InChI=1S/C13H15N.C12H14N2.C11H14N2.C11H13NO.C11H13NS/c1-13(2,3)12-9-8-10-6-4-5-7-11(10)14-12;1-12(2,3)11-8-13-9-6-4-5-7-10(9)14-11;3*1-11(2,3)10-12-8-6-4-5-7-9(8)13-10/h4-9H,1-3H3;4-8H,1-3H3;4-7H,1-3H3,(H,12,13);2*4-7H,1-3H3. The monoisotopic (exact) mass is 912 g/mol. The molecule has 5 aromatic carbocycles. The summed E-state index contributed by atoms with van der Waals surface area (Å²) in [4.78, 5) is 30.5. The molecule has 0 saturated heterocycles. The first kappa shape index (κ1) is 50.1. The van der Waals surface area contributed by atoms with Crippen LogP contribution in [0, 0.1) is 0 Å². The van der Waals surface area contributed by atoms with Gasteiger partial charge in [-0.05, 0) is 60.7 Å². The van der Waals surface area contributed by atoms with E-state index in [9.17, 15) is 0 Å². The van der Waals surface area contributed by atoms with Crippen LogP contribution >= 0.6 is 11.3 Å². The molecule has 0 unspecified atom stereocenters. The number of hydrogen-bond donors (Lipinski definition) is 1. The van der Waals surface area contributed by atoms with Crippen molar-refractivity contribution in [3.8, 4) is 0 Å². The molecule has 5 aromatic heterocycles. The van der Waals surface area contributed by atoms with Crippen LogP contribution in [0.3, 0.4) is 0 Å². The molecular formula is C58H69N7OS. The van der Waals surface area contributed by atoms with Crippen LogP contribution in [0.2, 0.25) is 0 Å². The number of aromatic amines is 1. The number of imidazole rings is 1. The molecule has 10 aromatic rings. The minimum atomic E-state index is -0.0149. The molecule has 348 valence electrons. The van der Waals surface area contributed by atoms with Crippen LogP contribution in [0.5, 0.6) is 0 Å². The molecule has 0 radical (unpaired) electrons. The van der Waals surface area contributed by atoms with Gasteiger partial charge in [-0.15, -0.1) is 11.3 Å². The van der Waals surface area contributed by atoms with Crippen LogP contribution in [0.1, 0.15) is 132 Å². The molecule has 0 atom stereocenters. The highest BCUT2D eigenvalue weighted by Crippen LogP contribution is 2.31. The minimum Gasteiger partial charge on any atom is -0.440 e. The molecule has 0 bridgehead atoms. The lowest BCUT2D eigenvalue weighted by atomic mass is 9.91. The maximum absolute atomic E-state index is 5.62. The van der Waals surface area contributed by atoms with Crippen molar-refractivity contribution < 1.29 is 4.42 Å². The van der Waals surface area contributed by atoms with Gasteiger partial charge in [0.15, 0.2) is 5.58 Å². The van der Waals surface area contributed by atoms with Gasteiger partial charge in [-0.25, -0.2) is 19.9 Å². The molecule has 1 N–H and O–H groups in total. The second kappa shape index (κ2) is 20.3. The van der Waals surface area contributed by atoms with Crippen molar-refractivity contribution in [2.75, 3.05) is 0 Å². The Morgan fingerprint density at radius 1 is 0.403 bits per heavy atom. The van der Waals surface area contributed by atoms with Gasteiger partial charge in [-0.3, -0.25) is 9.97 Å². The Hall–Kier alpha value is -6.32. The Kier molecular flexibility index (Phi) is 15.2. The Morgan fingerprint density at radius 3 is 1.52 bits per heavy atom. The zero-order valence-electron chi connectivity index (χ0n) is 42.3. The van der Waals surface area contributed by atoms with E-state index < -0.39 is 0 Å². The number of pyridine rings is 1. The molecule has 8 nitrogen and oxygen atoms in total. The predicted octanol–water partition coefficient (Wildman–Crippen LogP) is 16.0. The predicted molar refractivity (Wildman–Crippen MR) is 285 cm³/mol. The highest BCUT2D eigenvalue weighted by Gasteiger charge is 2.21. The SMILES string of the molecule is CC(C)(C)c1ccc2ccccc2n1.CC(C)(C)c1cnc2ccccc2n1.CC(C)(C)c1nc2ccccc2[nH]1.CC(C)(C)c1nc2ccccc2o1.CC(C)(C)c1nc2ccccc2s1. The molecule has 0 aliphatic rings. The number of nitrogens with one attached hydrogen (secondary N) is 1. The maximum atomic E-state index is 5.62. The molecule has 0 amide bonds. The van der Waals surface area contributed by atoms with Crippen LogP contribution in [-0.2, 0) is 27.1 Å². The summed E-state index contributed by atoms with van der Waals surface area (Å²) < 4.78 is 6.91. The first-order valence-corrected chi connectivity index (χ1v) is 23.9. The molecule has 10 rings (SSSR count). The Labute approximate surface area is 401 Å². The van der Waals surface area contributed by atoms with Gasteiger partial charge in [-0.1, -0.05) is 177 Å². The van der Waals surface area contributed by atoms with Crippen molar-refractivity contribution >= 4 is 65.6 Å². The molecule has 9 heteroatoms. The smallest absolute Gasteiger partial charge is 0.200 e. The van der Waals surface area contributed by atoms with E-state index in [0.29, 0.717) is 0 Å². The molecule has 0 saturated carbocycles. The van der Waals surface area contributed by atoms with Crippen LogP contribution in [0.15, 0.2) is 144 Å². The van der Waals surface area contributed by atoms with Crippen molar-refractivity contribution in [1.82, 2.24) is 34.9 Å². The van der Waals surface area contributed by atoms with Crippen molar-refractivity contribution in [3.63, 3.8) is 0 Å². The fourth-order valence-corrected chi connectivity index (χ4v) is 7.52. The van der Waals surface area contributed by atoms with Gasteiger partial charge < -0.3 is 9.40 Å². The molecule has 5 heterocycles. The number of benzene rings is 5. The van der Waals surface area contributed by atoms with E-state index >= 15 is 0 Å². The van der Waals surface area contributed by atoms with Gasteiger partial charge in [0.05, 0.1) is 48.5 Å². The van der Waals surface area contributed by atoms with Gasteiger partial charge >= 0.3 is 0 Å². The second-order valence-corrected chi connectivity index (χ2v) is 23.0. The molecule has 0 aliphatic heterocycles. The number of hydrogen-bond acceptors (Lipinski definition) is 8. The number of aromatic nitrogens is 7. The van der Waals surface area contributed by atoms with Crippen LogP contribution in [0.4, 0.5) is 0 Å². The topological polar surface area (TPSA) is 106 Å². The average molecular weight is 912 g/mol. The largest absolute Gasteiger partial charge is 0.440 e. The maximum Gasteiger partial charge on any atom is 0.200 e. The van der Waals surface area contributed by atoms with Crippen LogP contribution in [0.25, 0.3) is 54.3 Å². The average Bonchev–Trinajstić information content (AvgIpc) is 4.04. The summed E-state index contributed by atoms with van der Waals surface area (Å²) in [6, 6.07) is 44.7. The lowest BCUT2D eigenvalue weighted by molar-refractivity contribution is 0.411. The summed E-state index contributed by atoms with van der Waals surface area (Å²) in [5.74, 6) is 1.85. The lowest BCUT2D eigenvalue weighted by Gasteiger charge is -2.17. The van der Waals surface area contributed by atoms with E-state index in [-0.39, 0.29) is 27.1 Å². The summed E-state index contributed by atoms with van der Waals surface area (Å²) in [5, 5.41) is 2.43. The zero-order chi connectivity index (χ0) is 48.8. The van der Waals surface area contributed by atoms with E-state index in [2.05, 4.69) is 187 Å². The van der Waals surface area contributed by atoms with Gasteiger partial charge in [0.25, 0.3) is 0 Å². The lowest BCUT2D eigenvalue weighted by Crippen LogP contribution is -2.13. The van der Waals surface area contributed by atoms with Crippen molar-refractivity contribution in [3.05, 3.63) is 168 Å². The molecular weight excluding hydrogens is 843 g/mol. The minimum absolute atomic E-state index is 0.0149. The van der Waals surface area contributed by atoms with Crippen LogP contribution < -0.4 is 0 Å². The third-order valence-corrected chi connectivity index (χ3v) is 12.0. The Balaban J connectivity index is 0.000000138. The van der Waals surface area contributed by atoms with Crippen molar-refractivity contribution in [1.29, 1.82) is 0 Å². The van der Waals surface area contributed by atoms with Gasteiger partial charge in [-0.2, -0.15) is 0 Å². The van der Waals surface area contributed by atoms with E-state index in [1.165, 1.54) is 15.1 Å². The Morgan fingerprint density at radius 2 is 0.940 bits per heavy atom. The zero-order valence-corrected chi connectivity index (χ0v) is 43.1. The third-order valence-electron chi connectivity index (χ3n) is 10.6. The first-order valence-electron chi connectivity index (χ1n) is 23.1.